The number of aliphatic hydroxyl groups excluding tert-OH is 2. The number of carbonyl (C=O) groups is 2. The number of ketones is 2. The fourth-order valence-electron chi connectivity index (χ4n) is 5.46. The minimum absolute atomic E-state index is 0.0121. The van der Waals surface area contributed by atoms with E-state index in [9.17, 15) is 19.8 Å². The standard InChI is InChI=1S/C34H40N2O4/c1-21-7-11-23(12-8-21)35-25-17-33(3,4)19-29(39)31(25)27(37)15-16-28(38)32-26(18-34(5,6)20-30(32)40)36-24-13-9-22(2)10-14-24/h7-14,37-38H,15-20H2,1-6H3/b31-27+,32-28+,35-25?,36-26?. The molecule has 2 aliphatic rings. The van der Waals surface area contributed by atoms with E-state index in [-0.39, 0.29) is 57.9 Å². The average Bonchev–Trinajstić information content (AvgIpc) is 2.83. The van der Waals surface area contributed by atoms with Crippen LogP contribution in [0.1, 0.15) is 77.3 Å². The lowest BCUT2D eigenvalue weighted by Crippen LogP contribution is -2.33. The predicted octanol–water partition coefficient (Wildman–Crippen LogP) is 8.33. The van der Waals surface area contributed by atoms with Crippen molar-refractivity contribution in [1.29, 1.82) is 0 Å². The molecule has 40 heavy (non-hydrogen) atoms. The predicted molar refractivity (Wildman–Crippen MR) is 161 cm³/mol. The largest absolute Gasteiger partial charge is 0.511 e. The Kier molecular flexibility index (Phi) is 8.29. The number of carbonyl (C=O) groups excluding carboxylic acids is 2. The van der Waals surface area contributed by atoms with Crippen molar-refractivity contribution in [3.05, 3.63) is 82.3 Å². The van der Waals surface area contributed by atoms with Crippen LogP contribution in [0.25, 0.3) is 0 Å². The van der Waals surface area contributed by atoms with Crippen LogP contribution in [-0.2, 0) is 9.59 Å². The normalized spacial score (nSPS) is 23.4. The van der Waals surface area contributed by atoms with Crippen molar-refractivity contribution in [2.24, 2.45) is 20.8 Å². The Balaban J connectivity index is 1.67. The number of hydrogen-bond acceptors (Lipinski definition) is 6. The molecular formula is C34H40N2O4. The van der Waals surface area contributed by atoms with E-state index in [1.54, 1.807) is 0 Å². The molecular weight excluding hydrogens is 500 g/mol. The maximum absolute atomic E-state index is 13.2. The van der Waals surface area contributed by atoms with Crippen LogP contribution in [0.2, 0.25) is 0 Å². The molecule has 0 aliphatic heterocycles. The van der Waals surface area contributed by atoms with Gasteiger partial charge in [-0.1, -0.05) is 63.1 Å². The van der Waals surface area contributed by atoms with E-state index in [1.165, 1.54) is 0 Å². The number of allylic oxidation sites excluding steroid dienone is 4. The highest BCUT2D eigenvalue weighted by Gasteiger charge is 2.38. The molecule has 0 amide bonds. The third kappa shape index (κ3) is 7.04. The number of Topliss-reactive ketones (excluding diaryl/α,β-unsaturated/α-hetero) is 2. The van der Waals surface area contributed by atoms with E-state index < -0.39 is 0 Å². The molecule has 2 aromatic carbocycles. The van der Waals surface area contributed by atoms with Crippen molar-refractivity contribution in [3.8, 4) is 0 Å². The number of hydrogen-bond donors (Lipinski definition) is 2. The summed E-state index contributed by atoms with van der Waals surface area (Å²) in [6.07, 6.45) is 1.71. The van der Waals surface area contributed by atoms with Gasteiger partial charge in [-0.2, -0.15) is 0 Å². The van der Waals surface area contributed by atoms with Crippen LogP contribution in [0.5, 0.6) is 0 Å². The molecule has 2 saturated carbocycles. The van der Waals surface area contributed by atoms with Gasteiger partial charge in [0.2, 0.25) is 0 Å². The molecule has 210 valence electrons. The molecule has 6 heteroatoms. The van der Waals surface area contributed by atoms with E-state index in [0.717, 1.165) is 11.1 Å². The molecule has 2 aromatic rings. The lowest BCUT2D eigenvalue weighted by molar-refractivity contribution is -0.118. The van der Waals surface area contributed by atoms with Crippen LogP contribution in [0.15, 0.2) is 81.2 Å². The average molecular weight is 541 g/mol. The summed E-state index contributed by atoms with van der Waals surface area (Å²) >= 11 is 0. The van der Waals surface area contributed by atoms with Gasteiger partial charge in [-0.25, -0.2) is 0 Å². The zero-order valence-corrected chi connectivity index (χ0v) is 24.5. The van der Waals surface area contributed by atoms with Gasteiger partial charge in [0.1, 0.15) is 11.5 Å². The van der Waals surface area contributed by atoms with Crippen molar-refractivity contribution in [2.45, 2.75) is 80.1 Å². The van der Waals surface area contributed by atoms with Crippen LogP contribution in [0, 0.1) is 24.7 Å². The summed E-state index contributed by atoms with van der Waals surface area (Å²) in [7, 11) is 0. The highest BCUT2D eigenvalue weighted by atomic mass is 16.3. The van der Waals surface area contributed by atoms with E-state index in [1.807, 2.05) is 90.1 Å². The molecule has 6 nitrogen and oxygen atoms in total. The fraction of sp³-hybridized carbons (Fsp3) is 0.412. The number of benzene rings is 2. The Labute approximate surface area is 237 Å². The summed E-state index contributed by atoms with van der Waals surface area (Å²) in [5.74, 6) is -0.550. The maximum Gasteiger partial charge on any atom is 0.168 e. The number of nitrogens with zero attached hydrogens (tertiary/aromatic N) is 2. The molecule has 4 rings (SSSR count). The second-order valence-corrected chi connectivity index (χ2v) is 12.8. The minimum Gasteiger partial charge on any atom is -0.511 e. The first-order valence-corrected chi connectivity index (χ1v) is 13.9. The van der Waals surface area contributed by atoms with E-state index in [4.69, 9.17) is 9.98 Å². The Morgan fingerprint density at radius 2 is 0.950 bits per heavy atom. The van der Waals surface area contributed by atoms with E-state index in [2.05, 4.69) is 0 Å². The summed E-state index contributed by atoms with van der Waals surface area (Å²) in [6.45, 7) is 12.1. The number of aliphatic imine (C=N–C) groups is 2. The third-order valence-electron chi connectivity index (χ3n) is 7.48. The van der Waals surface area contributed by atoms with Gasteiger partial charge >= 0.3 is 0 Å². The summed E-state index contributed by atoms with van der Waals surface area (Å²) in [4.78, 5) is 35.9. The van der Waals surface area contributed by atoms with Gasteiger partial charge in [-0.15, -0.1) is 0 Å². The van der Waals surface area contributed by atoms with Crippen molar-refractivity contribution in [3.63, 3.8) is 0 Å². The summed E-state index contributed by atoms with van der Waals surface area (Å²) in [6, 6.07) is 15.4. The van der Waals surface area contributed by atoms with Gasteiger partial charge in [-0.05, 0) is 61.8 Å². The molecule has 0 heterocycles. The highest BCUT2D eigenvalue weighted by molar-refractivity contribution is 6.26. The van der Waals surface area contributed by atoms with Crippen molar-refractivity contribution in [1.82, 2.24) is 0 Å². The summed E-state index contributed by atoms with van der Waals surface area (Å²) in [5.41, 5.74) is 4.63. The number of aryl methyl sites for hydroxylation is 2. The number of aliphatic hydroxyl groups is 2. The smallest absolute Gasteiger partial charge is 0.168 e. The summed E-state index contributed by atoms with van der Waals surface area (Å²) < 4.78 is 0. The molecule has 0 saturated heterocycles. The van der Waals surface area contributed by atoms with Gasteiger partial charge in [0.05, 0.1) is 33.9 Å². The van der Waals surface area contributed by atoms with Crippen LogP contribution in [-0.4, -0.2) is 33.2 Å². The third-order valence-corrected chi connectivity index (χ3v) is 7.48. The first-order valence-electron chi connectivity index (χ1n) is 13.9. The molecule has 0 spiro atoms. The second-order valence-electron chi connectivity index (χ2n) is 12.8. The molecule has 2 N–H and O–H groups in total. The van der Waals surface area contributed by atoms with Crippen LogP contribution in [0.3, 0.4) is 0 Å². The second kappa shape index (κ2) is 11.4. The molecule has 0 aromatic heterocycles. The van der Waals surface area contributed by atoms with Gasteiger partial charge in [0, 0.05) is 25.7 Å². The van der Waals surface area contributed by atoms with E-state index >= 15 is 0 Å². The van der Waals surface area contributed by atoms with Crippen LogP contribution < -0.4 is 0 Å². The molecule has 0 unspecified atom stereocenters. The molecule has 0 atom stereocenters. The molecule has 0 radical (unpaired) electrons. The molecule has 0 bridgehead atoms. The quantitative estimate of drug-likeness (QED) is 0.294. The zero-order chi connectivity index (χ0) is 29.2. The van der Waals surface area contributed by atoms with Crippen LogP contribution >= 0.6 is 0 Å². The topological polar surface area (TPSA) is 99.3 Å². The zero-order valence-electron chi connectivity index (χ0n) is 24.5. The van der Waals surface area contributed by atoms with Gasteiger partial charge in [-0.3, -0.25) is 19.6 Å². The van der Waals surface area contributed by atoms with E-state index in [0.29, 0.717) is 48.5 Å². The monoisotopic (exact) mass is 540 g/mol. The Morgan fingerprint density at radius 3 is 1.27 bits per heavy atom. The summed E-state index contributed by atoms with van der Waals surface area (Å²) in [5, 5.41) is 22.3. The first-order chi connectivity index (χ1) is 18.7. The molecule has 2 aliphatic carbocycles. The van der Waals surface area contributed by atoms with Crippen molar-refractivity contribution in [2.75, 3.05) is 0 Å². The molecule has 2 fully saturated rings. The lowest BCUT2D eigenvalue weighted by Gasteiger charge is -2.32. The van der Waals surface area contributed by atoms with Crippen molar-refractivity contribution >= 4 is 34.4 Å². The van der Waals surface area contributed by atoms with Gasteiger partial charge < -0.3 is 10.2 Å². The Hall–Kier alpha value is -3.80. The van der Waals surface area contributed by atoms with Gasteiger partial charge in [0.15, 0.2) is 11.6 Å². The first kappa shape index (κ1) is 29.2. The van der Waals surface area contributed by atoms with Crippen LogP contribution in [0.4, 0.5) is 11.4 Å². The highest BCUT2D eigenvalue weighted by Crippen LogP contribution is 2.39. The Bertz CT molecular complexity index is 1320. The maximum atomic E-state index is 13.2. The lowest BCUT2D eigenvalue weighted by atomic mass is 9.72. The van der Waals surface area contributed by atoms with Crippen molar-refractivity contribution < 1.29 is 19.8 Å². The SMILES string of the molecule is Cc1ccc(N=C2CC(C)(C)CC(=O)/C2=C(/O)CC/C(O)=C2\C(=O)CC(C)(C)CC2=Nc2ccc(C)cc2)cc1. The Morgan fingerprint density at radius 1 is 0.625 bits per heavy atom. The minimum atomic E-state index is -0.281. The number of rotatable bonds is 5. The fourth-order valence-corrected chi connectivity index (χ4v) is 5.46. The van der Waals surface area contributed by atoms with Gasteiger partial charge in [0.25, 0.3) is 0 Å².